The van der Waals surface area contributed by atoms with Crippen LogP contribution >= 0.6 is 23.2 Å². The molecule has 0 amide bonds. The van der Waals surface area contributed by atoms with Crippen molar-refractivity contribution in [1.29, 1.82) is 0 Å². The maximum atomic E-state index is 15.0. The van der Waals surface area contributed by atoms with Crippen molar-refractivity contribution in [2.24, 2.45) is 0 Å². The first kappa shape index (κ1) is 28.0. The summed E-state index contributed by atoms with van der Waals surface area (Å²) >= 11 is 12.5. The Bertz CT molecular complexity index is 1900. The molecule has 0 aliphatic heterocycles. The molecule has 0 fully saturated rings. The van der Waals surface area contributed by atoms with Crippen LogP contribution in [0.1, 0.15) is 23.0 Å². The first-order chi connectivity index (χ1) is 18.9. The fourth-order valence-electron chi connectivity index (χ4n) is 4.68. The molecule has 0 saturated heterocycles. The van der Waals surface area contributed by atoms with Crippen LogP contribution in [0.15, 0.2) is 64.0 Å². The lowest BCUT2D eigenvalue weighted by Crippen LogP contribution is -2.06. The number of rotatable bonds is 6. The number of benzene rings is 3. The van der Waals surface area contributed by atoms with Crippen molar-refractivity contribution in [2.45, 2.75) is 32.3 Å². The van der Waals surface area contributed by atoms with Crippen LogP contribution in [-0.4, -0.2) is 34.3 Å². The van der Waals surface area contributed by atoms with Crippen molar-refractivity contribution < 1.29 is 22.3 Å². The lowest BCUT2D eigenvalue weighted by Gasteiger charge is -2.15. The topological polar surface area (TPSA) is 98.2 Å². The highest BCUT2D eigenvalue weighted by Crippen LogP contribution is 2.40. The zero-order valence-corrected chi connectivity index (χ0v) is 24.3. The van der Waals surface area contributed by atoms with Crippen LogP contribution in [-0.2, 0) is 16.4 Å². The monoisotopic (exact) mass is 599 g/mol. The molecule has 11 heteroatoms. The lowest BCUT2D eigenvalue weighted by molar-refractivity contribution is 0.272. The van der Waals surface area contributed by atoms with E-state index in [9.17, 15) is 13.5 Å². The zero-order chi connectivity index (χ0) is 28.9. The molecule has 0 saturated carbocycles. The summed E-state index contributed by atoms with van der Waals surface area (Å²) in [5.41, 5.74) is 3.89. The van der Waals surface area contributed by atoms with E-state index in [2.05, 4.69) is 9.97 Å². The molecule has 5 aromatic rings. The first-order valence-corrected chi connectivity index (χ1v) is 14.8. The second-order valence-electron chi connectivity index (χ2n) is 9.44. The predicted molar refractivity (Wildman–Crippen MR) is 153 cm³/mol. The van der Waals surface area contributed by atoms with E-state index in [1.807, 2.05) is 30.7 Å². The molecular formula is C29H24Cl2FN3O4S. The van der Waals surface area contributed by atoms with Crippen LogP contribution in [0.25, 0.3) is 39.4 Å². The van der Waals surface area contributed by atoms with Crippen LogP contribution < -0.4 is 0 Å². The number of aliphatic hydroxyl groups is 1. The highest BCUT2D eigenvalue weighted by atomic mass is 35.5. The fraction of sp³-hybridized carbons (Fsp3) is 0.172. The van der Waals surface area contributed by atoms with E-state index in [1.54, 1.807) is 37.3 Å². The summed E-state index contributed by atoms with van der Waals surface area (Å²) in [6.45, 7) is 4.74. The SMILES string of the molecule is Cc1cn(-c2ccc(-c3cc(F)c(CO)c(S(C)(=O)=O)c3)cc2-c2nc(C)oc2-c2ccc(Cl)c(Cl)c2)c(C)n1. The largest absolute Gasteiger partial charge is 0.440 e. The molecule has 0 spiro atoms. The van der Waals surface area contributed by atoms with Crippen LogP contribution in [0.3, 0.4) is 0 Å². The number of sulfone groups is 1. The van der Waals surface area contributed by atoms with Crippen LogP contribution in [0.2, 0.25) is 10.0 Å². The number of imidazole rings is 1. The minimum absolute atomic E-state index is 0.273. The smallest absolute Gasteiger partial charge is 0.192 e. The standard InChI is InChI=1S/C29H24Cl2FN3O4S/c1-15-13-35(16(2)33-15)26-8-6-18(20-11-25(32)22(14-36)27(12-20)40(4,37)38)9-21(26)28-29(39-17(3)34-28)19-5-7-23(30)24(31)10-19/h5-13,36H,14H2,1-4H3. The summed E-state index contributed by atoms with van der Waals surface area (Å²) in [6, 6.07) is 13.1. The summed E-state index contributed by atoms with van der Waals surface area (Å²) in [4.78, 5) is 8.94. The van der Waals surface area contributed by atoms with Crippen molar-refractivity contribution >= 4 is 33.0 Å². The van der Waals surface area contributed by atoms with Crippen molar-refractivity contribution in [2.75, 3.05) is 6.26 Å². The van der Waals surface area contributed by atoms with Crippen LogP contribution in [0.5, 0.6) is 0 Å². The van der Waals surface area contributed by atoms with Crippen LogP contribution in [0.4, 0.5) is 4.39 Å². The summed E-state index contributed by atoms with van der Waals surface area (Å²) in [5.74, 6) is 0.771. The summed E-state index contributed by atoms with van der Waals surface area (Å²) in [7, 11) is -3.82. The maximum absolute atomic E-state index is 15.0. The Balaban J connectivity index is 1.80. The number of nitrogens with zero attached hydrogens (tertiary/aromatic N) is 3. The third-order valence-corrected chi connectivity index (χ3v) is 8.38. The molecule has 206 valence electrons. The second-order valence-corrected chi connectivity index (χ2v) is 12.2. The Morgan fingerprint density at radius 2 is 1.68 bits per heavy atom. The van der Waals surface area contributed by atoms with Gasteiger partial charge in [-0.1, -0.05) is 29.3 Å². The number of aromatic nitrogens is 3. The quantitative estimate of drug-likeness (QED) is 0.223. The van der Waals surface area contributed by atoms with Gasteiger partial charge in [-0.25, -0.2) is 22.8 Å². The number of hydrogen-bond acceptors (Lipinski definition) is 6. The van der Waals surface area contributed by atoms with E-state index in [0.717, 1.165) is 23.5 Å². The Morgan fingerprint density at radius 3 is 2.30 bits per heavy atom. The van der Waals surface area contributed by atoms with Gasteiger partial charge in [-0.15, -0.1) is 0 Å². The minimum Gasteiger partial charge on any atom is -0.440 e. The third kappa shape index (κ3) is 5.17. The van der Waals surface area contributed by atoms with Gasteiger partial charge in [0.1, 0.15) is 17.3 Å². The number of aryl methyl sites for hydroxylation is 3. The molecule has 0 bridgehead atoms. The van der Waals surface area contributed by atoms with E-state index in [1.165, 1.54) is 12.1 Å². The molecular weight excluding hydrogens is 576 g/mol. The molecule has 5 rings (SSSR count). The van der Waals surface area contributed by atoms with Gasteiger partial charge in [-0.05, 0) is 67.4 Å². The maximum Gasteiger partial charge on any atom is 0.192 e. The van der Waals surface area contributed by atoms with Gasteiger partial charge in [0.05, 0.1) is 32.9 Å². The molecule has 0 aliphatic rings. The Hall–Kier alpha value is -3.50. The van der Waals surface area contributed by atoms with Gasteiger partial charge in [-0.2, -0.15) is 0 Å². The van der Waals surface area contributed by atoms with Gasteiger partial charge in [0, 0.05) is 36.1 Å². The van der Waals surface area contributed by atoms with Gasteiger partial charge in [-0.3, -0.25) is 0 Å². The molecule has 0 aliphatic carbocycles. The zero-order valence-electron chi connectivity index (χ0n) is 22.0. The summed E-state index contributed by atoms with van der Waals surface area (Å²) in [6.07, 6.45) is 2.86. The van der Waals surface area contributed by atoms with Crippen molar-refractivity contribution in [3.63, 3.8) is 0 Å². The molecule has 2 heterocycles. The van der Waals surface area contributed by atoms with Gasteiger partial charge in [0.25, 0.3) is 0 Å². The third-order valence-electron chi connectivity index (χ3n) is 6.48. The highest BCUT2D eigenvalue weighted by molar-refractivity contribution is 7.90. The molecule has 2 aromatic heterocycles. The van der Waals surface area contributed by atoms with Gasteiger partial charge in [0.15, 0.2) is 21.5 Å². The lowest BCUT2D eigenvalue weighted by atomic mass is 9.97. The number of aliphatic hydroxyl groups excluding tert-OH is 1. The molecule has 7 nitrogen and oxygen atoms in total. The van der Waals surface area contributed by atoms with Crippen LogP contribution in [0, 0.1) is 26.6 Å². The molecule has 0 radical (unpaired) electrons. The fourth-order valence-corrected chi connectivity index (χ4v) is 5.93. The Kier molecular flexibility index (Phi) is 7.35. The predicted octanol–water partition coefficient (Wildman–Crippen LogP) is 7.13. The highest BCUT2D eigenvalue weighted by Gasteiger charge is 2.23. The molecule has 1 N–H and O–H groups in total. The number of oxazole rings is 1. The van der Waals surface area contributed by atoms with E-state index >= 15 is 4.39 Å². The van der Waals surface area contributed by atoms with Crippen molar-refractivity contribution in [1.82, 2.24) is 14.5 Å². The molecule has 0 atom stereocenters. The van der Waals surface area contributed by atoms with Gasteiger partial charge in [0.2, 0.25) is 0 Å². The molecule has 40 heavy (non-hydrogen) atoms. The normalized spacial score (nSPS) is 11.8. The number of hydrogen-bond donors (Lipinski definition) is 1. The summed E-state index contributed by atoms with van der Waals surface area (Å²) < 4.78 is 47.8. The Labute approximate surface area is 240 Å². The van der Waals surface area contributed by atoms with Crippen molar-refractivity contribution in [3.8, 4) is 39.4 Å². The van der Waals surface area contributed by atoms with Gasteiger partial charge >= 0.3 is 0 Å². The average Bonchev–Trinajstić information content (AvgIpc) is 3.45. The van der Waals surface area contributed by atoms with E-state index in [4.69, 9.17) is 27.6 Å². The van der Waals surface area contributed by atoms with E-state index in [-0.39, 0.29) is 10.5 Å². The van der Waals surface area contributed by atoms with E-state index in [0.29, 0.717) is 49.6 Å². The molecule has 3 aromatic carbocycles. The van der Waals surface area contributed by atoms with E-state index < -0.39 is 22.3 Å². The Morgan fingerprint density at radius 1 is 0.950 bits per heavy atom. The van der Waals surface area contributed by atoms with Gasteiger partial charge < -0.3 is 14.1 Å². The summed E-state index contributed by atoms with van der Waals surface area (Å²) in [5, 5.41) is 10.4. The first-order valence-electron chi connectivity index (χ1n) is 12.1. The van der Waals surface area contributed by atoms with Crippen molar-refractivity contribution in [3.05, 3.63) is 93.6 Å². The number of halogens is 3. The second kappa shape index (κ2) is 10.5. The minimum atomic E-state index is -3.82. The molecule has 0 unspecified atom stereocenters. The average molecular weight is 600 g/mol.